The Hall–Kier alpha value is -3.33. The summed E-state index contributed by atoms with van der Waals surface area (Å²) < 4.78 is 2.30. The van der Waals surface area contributed by atoms with Gasteiger partial charge in [-0.1, -0.05) is 121 Å². The minimum atomic E-state index is -0.128. The molecule has 4 aromatic carbocycles. The predicted molar refractivity (Wildman–Crippen MR) is 176 cm³/mol. The zero-order valence-electron chi connectivity index (χ0n) is 26.7. The van der Waals surface area contributed by atoms with Crippen molar-refractivity contribution in [2.75, 3.05) is 0 Å². The van der Waals surface area contributed by atoms with Crippen molar-refractivity contribution in [3.05, 3.63) is 125 Å². The van der Waals surface area contributed by atoms with E-state index in [1.165, 1.54) is 33.4 Å². The van der Waals surface area contributed by atoms with E-state index in [-0.39, 0.29) is 30.9 Å². The second-order valence-electron chi connectivity index (χ2n) is 12.7. The topological polar surface area (TPSA) is 30.7 Å². The van der Waals surface area contributed by atoms with Crippen LogP contribution in [-0.4, -0.2) is 14.8 Å². The van der Waals surface area contributed by atoms with Gasteiger partial charge in [-0.25, -0.2) is 0 Å². The fourth-order valence-electron chi connectivity index (χ4n) is 5.85. The maximum absolute atomic E-state index is 4.85. The summed E-state index contributed by atoms with van der Waals surface area (Å²) in [5.41, 5.74) is 9.37. The molecular formula is C39H44IrN3-. The number of hydrogen-bond donors (Lipinski definition) is 0. The zero-order valence-corrected chi connectivity index (χ0v) is 29.1. The average molecular weight is 747 g/mol. The van der Waals surface area contributed by atoms with Gasteiger partial charge in [-0.15, -0.1) is 40.5 Å². The number of aryl methyl sites for hydroxylation is 2. The molecule has 3 nitrogen and oxygen atoms in total. The molecule has 0 aliphatic heterocycles. The van der Waals surface area contributed by atoms with Gasteiger partial charge in [0, 0.05) is 36.6 Å². The molecular weight excluding hydrogens is 703 g/mol. The van der Waals surface area contributed by atoms with E-state index in [1.54, 1.807) is 0 Å². The normalized spacial score (nSPS) is 11.8. The fraction of sp³-hybridized carbons (Fsp3) is 0.333. The number of benzene rings is 4. The Balaban J connectivity index is 0.00000423. The second kappa shape index (κ2) is 13.5. The van der Waals surface area contributed by atoms with E-state index in [0.29, 0.717) is 0 Å². The number of nitrogens with zero attached hydrogens (tertiary/aromatic N) is 3. The number of unbranched alkanes of at least 4 members (excludes halogenated alkanes) is 1. The first-order valence-electron chi connectivity index (χ1n) is 15.4. The first kappa shape index (κ1) is 32.6. The Kier molecular flexibility index (Phi) is 10.3. The zero-order chi connectivity index (χ0) is 29.9. The van der Waals surface area contributed by atoms with Gasteiger partial charge in [0.25, 0.3) is 0 Å². The molecule has 43 heavy (non-hydrogen) atoms. The molecule has 0 aliphatic rings. The molecule has 0 fully saturated rings. The van der Waals surface area contributed by atoms with Crippen molar-refractivity contribution in [3.63, 3.8) is 0 Å². The van der Waals surface area contributed by atoms with Crippen molar-refractivity contribution < 1.29 is 20.1 Å². The van der Waals surface area contributed by atoms with Crippen LogP contribution < -0.4 is 0 Å². The Morgan fingerprint density at radius 2 is 1.44 bits per heavy atom. The first-order chi connectivity index (χ1) is 20.2. The van der Waals surface area contributed by atoms with Crippen molar-refractivity contribution in [3.8, 4) is 28.2 Å². The van der Waals surface area contributed by atoms with Gasteiger partial charge in [-0.2, -0.15) is 5.10 Å². The molecule has 1 aromatic heterocycles. The molecule has 0 N–H and O–H groups in total. The molecule has 5 rings (SSSR count). The summed E-state index contributed by atoms with van der Waals surface area (Å²) in [5.74, 6) is 1.85. The van der Waals surface area contributed by atoms with Crippen LogP contribution in [0.4, 0.5) is 0 Å². The van der Waals surface area contributed by atoms with Crippen LogP contribution in [0.1, 0.15) is 88.9 Å². The van der Waals surface area contributed by atoms with E-state index in [1.807, 2.05) is 6.07 Å². The van der Waals surface area contributed by atoms with E-state index in [4.69, 9.17) is 10.2 Å². The maximum atomic E-state index is 4.85. The van der Waals surface area contributed by atoms with Gasteiger partial charge in [0.05, 0.1) is 5.82 Å². The first-order valence-corrected chi connectivity index (χ1v) is 15.4. The van der Waals surface area contributed by atoms with Crippen LogP contribution in [0.3, 0.4) is 0 Å². The largest absolute Gasteiger partial charge is 0.319 e. The van der Waals surface area contributed by atoms with Crippen molar-refractivity contribution in [1.82, 2.24) is 14.8 Å². The minimum absolute atomic E-state index is 0. The predicted octanol–water partition coefficient (Wildman–Crippen LogP) is 10.1. The second-order valence-corrected chi connectivity index (χ2v) is 12.7. The summed E-state index contributed by atoms with van der Waals surface area (Å²) in [4.78, 5) is 0. The third-order valence-electron chi connectivity index (χ3n) is 8.82. The van der Waals surface area contributed by atoms with Gasteiger partial charge in [0.2, 0.25) is 0 Å². The Bertz CT molecular complexity index is 1650. The van der Waals surface area contributed by atoms with Crippen molar-refractivity contribution in [2.45, 2.75) is 85.0 Å². The summed E-state index contributed by atoms with van der Waals surface area (Å²) in [6, 6.07) is 36.4. The van der Waals surface area contributed by atoms with E-state index >= 15 is 0 Å². The van der Waals surface area contributed by atoms with Crippen LogP contribution in [0.5, 0.6) is 0 Å². The SMILES string of the molecule is CCCCC(C)(C)c1nnc(-c2[c-]ccc(CC)c2)n1-c1cc(-c2ccc(C(C)(C)c3ccccc3)cc2)ccc1C.[Ir]. The van der Waals surface area contributed by atoms with Gasteiger partial charge in [-0.3, -0.25) is 0 Å². The molecule has 1 heterocycles. The summed E-state index contributed by atoms with van der Waals surface area (Å²) in [7, 11) is 0. The quantitative estimate of drug-likeness (QED) is 0.133. The van der Waals surface area contributed by atoms with Gasteiger partial charge in [0.15, 0.2) is 0 Å². The van der Waals surface area contributed by atoms with Gasteiger partial charge >= 0.3 is 0 Å². The molecule has 0 saturated carbocycles. The van der Waals surface area contributed by atoms with Crippen LogP contribution >= 0.6 is 0 Å². The Morgan fingerprint density at radius 3 is 2.12 bits per heavy atom. The Morgan fingerprint density at radius 1 is 0.767 bits per heavy atom. The molecule has 0 amide bonds. The third kappa shape index (κ3) is 6.77. The van der Waals surface area contributed by atoms with Crippen molar-refractivity contribution in [2.24, 2.45) is 0 Å². The van der Waals surface area contributed by atoms with Crippen molar-refractivity contribution >= 4 is 0 Å². The average Bonchev–Trinajstić information content (AvgIpc) is 3.47. The van der Waals surface area contributed by atoms with E-state index in [2.05, 4.69) is 144 Å². The maximum Gasteiger partial charge on any atom is 0.134 e. The monoisotopic (exact) mass is 747 g/mol. The molecule has 0 aliphatic carbocycles. The summed E-state index contributed by atoms with van der Waals surface area (Å²) >= 11 is 0. The van der Waals surface area contributed by atoms with E-state index in [0.717, 1.165) is 48.6 Å². The summed E-state index contributed by atoms with van der Waals surface area (Å²) in [5, 5.41) is 9.66. The van der Waals surface area contributed by atoms with Crippen LogP contribution in [0.15, 0.2) is 91.0 Å². The standard InChI is InChI=1S/C39H44N3.Ir/c1-8-10-25-38(4,5)37-41-40-36(32-16-14-15-29(9-2)26-32)42(37)35-27-31(20-19-28(35)3)30-21-23-34(24-22-30)39(6,7)33-17-12-11-13-18-33;/h11-15,17-24,26-27H,8-10,25H2,1-7H3;/q-1;. The van der Waals surface area contributed by atoms with Crippen molar-refractivity contribution in [1.29, 1.82) is 0 Å². The molecule has 1 radical (unpaired) electrons. The molecule has 0 atom stereocenters. The fourth-order valence-corrected chi connectivity index (χ4v) is 5.85. The summed E-state index contributed by atoms with van der Waals surface area (Å²) in [6.07, 6.45) is 4.33. The Labute approximate surface area is 272 Å². The minimum Gasteiger partial charge on any atom is -0.319 e. The molecule has 225 valence electrons. The van der Waals surface area contributed by atoms with E-state index in [9.17, 15) is 0 Å². The van der Waals surface area contributed by atoms with Gasteiger partial charge < -0.3 is 4.57 Å². The molecule has 0 saturated heterocycles. The number of hydrogen-bond acceptors (Lipinski definition) is 2. The molecule has 0 bridgehead atoms. The number of aromatic nitrogens is 3. The van der Waals surface area contributed by atoms with E-state index < -0.39 is 0 Å². The van der Waals surface area contributed by atoms with Gasteiger partial charge in [-0.05, 0) is 53.6 Å². The molecule has 4 heteroatoms. The molecule has 0 spiro atoms. The summed E-state index contributed by atoms with van der Waals surface area (Å²) in [6.45, 7) is 15.8. The number of rotatable bonds is 10. The van der Waals surface area contributed by atoms with Crippen LogP contribution in [0.25, 0.3) is 28.2 Å². The van der Waals surface area contributed by atoms with Crippen LogP contribution in [0.2, 0.25) is 0 Å². The third-order valence-corrected chi connectivity index (χ3v) is 8.82. The molecule has 5 aromatic rings. The van der Waals surface area contributed by atoms with Crippen LogP contribution in [0, 0.1) is 13.0 Å². The molecule has 0 unspecified atom stereocenters. The smallest absolute Gasteiger partial charge is 0.134 e. The van der Waals surface area contributed by atoms with Crippen LogP contribution in [-0.2, 0) is 37.4 Å². The van der Waals surface area contributed by atoms with Gasteiger partial charge in [0.1, 0.15) is 5.82 Å².